The summed E-state index contributed by atoms with van der Waals surface area (Å²) in [6.07, 6.45) is -0.187. The molecule has 0 saturated heterocycles. The van der Waals surface area contributed by atoms with E-state index in [4.69, 9.17) is 15.2 Å². The number of aromatic amines is 1. The Kier molecular flexibility index (Phi) is 2.81. The molecule has 1 unspecified atom stereocenters. The highest BCUT2D eigenvalue weighted by Crippen LogP contribution is 2.34. The molecule has 2 heterocycles. The number of rotatable bonds is 3. The van der Waals surface area contributed by atoms with E-state index in [2.05, 4.69) is 9.97 Å². The van der Waals surface area contributed by atoms with Crippen LogP contribution in [0.15, 0.2) is 12.1 Å². The molecule has 18 heavy (non-hydrogen) atoms. The molecule has 2 aromatic rings. The Hall–Kier alpha value is -1.79. The highest BCUT2D eigenvalue weighted by molar-refractivity contribution is 5.80. The average Bonchev–Trinajstić information content (AvgIpc) is 2.79. The van der Waals surface area contributed by atoms with Crippen LogP contribution in [0.5, 0.6) is 11.5 Å². The molecule has 1 aliphatic heterocycles. The van der Waals surface area contributed by atoms with Crippen LogP contribution >= 0.6 is 0 Å². The van der Waals surface area contributed by atoms with Gasteiger partial charge in [-0.15, -0.1) is 0 Å². The highest BCUT2D eigenvalue weighted by atomic mass is 16.6. The minimum Gasteiger partial charge on any atom is -0.486 e. The van der Waals surface area contributed by atoms with Crippen molar-refractivity contribution in [2.45, 2.75) is 12.5 Å². The SMILES string of the molecule is NCCC(O)c1nc2cc3c(cc2[nH]1)OCCO3. The number of imidazole rings is 1. The third kappa shape index (κ3) is 1.89. The monoisotopic (exact) mass is 249 g/mol. The first-order chi connectivity index (χ1) is 8.78. The fraction of sp³-hybridized carbons (Fsp3) is 0.417. The van der Waals surface area contributed by atoms with Gasteiger partial charge in [-0.1, -0.05) is 0 Å². The maximum Gasteiger partial charge on any atom is 0.163 e. The summed E-state index contributed by atoms with van der Waals surface area (Å²) < 4.78 is 11.0. The molecule has 0 bridgehead atoms. The van der Waals surface area contributed by atoms with Crippen molar-refractivity contribution in [3.05, 3.63) is 18.0 Å². The number of nitrogens with one attached hydrogen (secondary N) is 1. The molecule has 3 rings (SSSR count). The molecule has 0 spiro atoms. The first kappa shape index (κ1) is 11.3. The molecule has 1 aromatic heterocycles. The Bertz CT molecular complexity index is 524. The standard InChI is InChI=1S/C12H15N3O3/c13-2-1-9(16)12-14-7-5-10-11(6-8(7)15-12)18-4-3-17-10/h5-6,9,16H,1-4,13H2,(H,14,15). The summed E-state index contributed by atoms with van der Waals surface area (Å²) >= 11 is 0. The van der Waals surface area contributed by atoms with Gasteiger partial charge >= 0.3 is 0 Å². The van der Waals surface area contributed by atoms with Gasteiger partial charge in [-0.05, 0) is 13.0 Å². The lowest BCUT2D eigenvalue weighted by molar-refractivity contribution is 0.162. The Labute approximate surface area is 104 Å². The Morgan fingerprint density at radius 3 is 2.78 bits per heavy atom. The van der Waals surface area contributed by atoms with Crippen LogP contribution in [0.2, 0.25) is 0 Å². The van der Waals surface area contributed by atoms with Crippen molar-refractivity contribution in [3.63, 3.8) is 0 Å². The molecule has 4 N–H and O–H groups in total. The number of ether oxygens (including phenoxy) is 2. The number of aliphatic hydroxyl groups is 1. The largest absolute Gasteiger partial charge is 0.486 e. The van der Waals surface area contributed by atoms with Crippen molar-refractivity contribution in [1.82, 2.24) is 9.97 Å². The predicted octanol–water partition coefficient (Wildman–Crippen LogP) is 0.716. The molecule has 6 nitrogen and oxygen atoms in total. The number of fused-ring (bicyclic) bond motifs is 2. The lowest BCUT2D eigenvalue weighted by atomic mass is 10.2. The smallest absolute Gasteiger partial charge is 0.163 e. The number of benzene rings is 1. The van der Waals surface area contributed by atoms with E-state index >= 15 is 0 Å². The molecule has 1 aromatic carbocycles. The Morgan fingerprint density at radius 2 is 2.06 bits per heavy atom. The quantitative estimate of drug-likeness (QED) is 0.745. The van der Waals surface area contributed by atoms with Gasteiger partial charge in [-0.2, -0.15) is 0 Å². The van der Waals surface area contributed by atoms with Crippen molar-refractivity contribution >= 4 is 11.0 Å². The molecular weight excluding hydrogens is 234 g/mol. The van der Waals surface area contributed by atoms with E-state index in [0.29, 0.717) is 43.5 Å². The zero-order chi connectivity index (χ0) is 12.5. The van der Waals surface area contributed by atoms with Crippen LogP contribution in [0.1, 0.15) is 18.3 Å². The van der Waals surface area contributed by atoms with Crippen molar-refractivity contribution in [1.29, 1.82) is 0 Å². The van der Waals surface area contributed by atoms with E-state index < -0.39 is 6.10 Å². The van der Waals surface area contributed by atoms with Gasteiger partial charge in [-0.25, -0.2) is 4.98 Å². The predicted molar refractivity (Wildman–Crippen MR) is 65.7 cm³/mol. The van der Waals surface area contributed by atoms with Crippen molar-refractivity contribution in [2.75, 3.05) is 19.8 Å². The molecule has 96 valence electrons. The number of hydrogen-bond donors (Lipinski definition) is 3. The average molecular weight is 249 g/mol. The maximum atomic E-state index is 9.85. The molecule has 6 heteroatoms. The van der Waals surface area contributed by atoms with Crippen LogP contribution in [0.4, 0.5) is 0 Å². The van der Waals surface area contributed by atoms with Crippen LogP contribution in [-0.2, 0) is 0 Å². The normalized spacial score (nSPS) is 15.9. The van der Waals surface area contributed by atoms with Crippen LogP contribution in [0.3, 0.4) is 0 Å². The number of aliphatic hydroxyl groups excluding tert-OH is 1. The summed E-state index contributed by atoms with van der Waals surface area (Å²) in [7, 11) is 0. The van der Waals surface area contributed by atoms with Gasteiger partial charge in [0.1, 0.15) is 25.1 Å². The molecule has 0 fully saturated rings. The van der Waals surface area contributed by atoms with E-state index in [1.807, 2.05) is 12.1 Å². The fourth-order valence-corrected chi connectivity index (χ4v) is 2.02. The van der Waals surface area contributed by atoms with Crippen LogP contribution in [-0.4, -0.2) is 34.8 Å². The molecule has 1 atom stereocenters. The fourth-order valence-electron chi connectivity index (χ4n) is 2.02. The molecule has 0 amide bonds. The van der Waals surface area contributed by atoms with E-state index in [-0.39, 0.29) is 0 Å². The summed E-state index contributed by atoms with van der Waals surface area (Å²) in [4.78, 5) is 7.42. The third-order valence-electron chi connectivity index (χ3n) is 2.92. The van der Waals surface area contributed by atoms with E-state index in [9.17, 15) is 5.11 Å². The van der Waals surface area contributed by atoms with Gasteiger partial charge < -0.3 is 25.3 Å². The highest BCUT2D eigenvalue weighted by Gasteiger charge is 2.17. The lowest BCUT2D eigenvalue weighted by Gasteiger charge is -2.17. The van der Waals surface area contributed by atoms with E-state index in [0.717, 1.165) is 11.0 Å². The molecule has 1 aliphatic rings. The summed E-state index contributed by atoms with van der Waals surface area (Å²) in [5.74, 6) is 1.93. The molecule has 0 aliphatic carbocycles. The van der Waals surface area contributed by atoms with Crippen molar-refractivity contribution in [3.8, 4) is 11.5 Å². The first-order valence-electron chi connectivity index (χ1n) is 5.95. The second kappa shape index (κ2) is 4.47. The Morgan fingerprint density at radius 1 is 1.33 bits per heavy atom. The molecular formula is C12H15N3O3. The van der Waals surface area contributed by atoms with Crippen LogP contribution in [0.25, 0.3) is 11.0 Å². The minimum atomic E-state index is -0.665. The number of aromatic nitrogens is 2. The number of hydrogen-bond acceptors (Lipinski definition) is 5. The second-order valence-electron chi connectivity index (χ2n) is 4.23. The Balaban J connectivity index is 2.01. The van der Waals surface area contributed by atoms with Gasteiger partial charge in [0, 0.05) is 12.1 Å². The van der Waals surface area contributed by atoms with Crippen molar-refractivity contribution < 1.29 is 14.6 Å². The first-order valence-corrected chi connectivity index (χ1v) is 5.95. The van der Waals surface area contributed by atoms with E-state index in [1.54, 1.807) is 0 Å². The minimum absolute atomic E-state index is 0.418. The zero-order valence-electron chi connectivity index (χ0n) is 9.85. The number of nitrogens with zero attached hydrogens (tertiary/aromatic N) is 1. The van der Waals surface area contributed by atoms with E-state index in [1.165, 1.54) is 0 Å². The van der Waals surface area contributed by atoms with Crippen LogP contribution in [0, 0.1) is 0 Å². The molecule has 0 radical (unpaired) electrons. The number of H-pyrrole nitrogens is 1. The van der Waals surface area contributed by atoms with Crippen LogP contribution < -0.4 is 15.2 Å². The van der Waals surface area contributed by atoms with Gasteiger partial charge in [0.2, 0.25) is 0 Å². The second-order valence-corrected chi connectivity index (χ2v) is 4.23. The lowest BCUT2D eigenvalue weighted by Crippen LogP contribution is -2.15. The zero-order valence-corrected chi connectivity index (χ0v) is 9.85. The summed E-state index contributed by atoms with van der Waals surface area (Å²) in [6.45, 7) is 1.52. The number of nitrogens with two attached hydrogens (primary N) is 1. The van der Waals surface area contributed by atoms with Gasteiger partial charge in [0.25, 0.3) is 0 Å². The third-order valence-corrected chi connectivity index (χ3v) is 2.92. The van der Waals surface area contributed by atoms with Gasteiger partial charge in [-0.3, -0.25) is 0 Å². The summed E-state index contributed by atoms with van der Waals surface area (Å²) in [6, 6.07) is 3.66. The molecule has 0 saturated carbocycles. The van der Waals surface area contributed by atoms with Gasteiger partial charge in [0.05, 0.1) is 11.0 Å². The topological polar surface area (TPSA) is 93.4 Å². The summed E-state index contributed by atoms with van der Waals surface area (Å²) in [5.41, 5.74) is 7.00. The van der Waals surface area contributed by atoms with Crippen molar-refractivity contribution in [2.24, 2.45) is 5.73 Å². The van der Waals surface area contributed by atoms with Gasteiger partial charge in [0.15, 0.2) is 11.5 Å². The summed E-state index contributed by atoms with van der Waals surface area (Å²) in [5, 5.41) is 9.85. The maximum absolute atomic E-state index is 9.85.